The topological polar surface area (TPSA) is 36.4 Å². The standard InChI is InChI=1S/C16H27N3S2.HI/c1-4-17-15(19-13-7-5-9-20-11-13)18-12-16(2,3)14-8-6-10-21-14;/h6,8,10,13H,4-5,7,9,11-12H2,1-3H3,(H2,17,18,19);1H. The number of nitrogens with zero attached hydrogens (tertiary/aromatic N) is 1. The summed E-state index contributed by atoms with van der Waals surface area (Å²) in [7, 11) is 0. The van der Waals surface area contributed by atoms with E-state index in [0.29, 0.717) is 6.04 Å². The third-order valence-corrected chi connectivity index (χ3v) is 6.12. The number of aliphatic imine (C=N–C) groups is 1. The van der Waals surface area contributed by atoms with Gasteiger partial charge in [-0.3, -0.25) is 4.99 Å². The van der Waals surface area contributed by atoms with Gasteiger partial charge in [0.15, 0.2) is 5.96 Å². The second-order valence-electron chi connectivity index (χ2n) is 6.11. The molecule has 0 spiro atoms. The van der Waals surface area contributed by atoms with E-state index in [9.17, 15) is 0 Å². The third kappa shape index (κ3) is 6.28. The Labute approximate surface area is 160 Å². The van der Waals surface area contributed by atoms with Crippen LogP contribution in [0, 0.1) is 0 Å². The van der Waals surface area contributed by atoms with Crippen molar-refractivity contribution in [3.8, 4) is 0 Å². The van der Waals surface area contributed by atoms with E-state index >= 15 is 0 Å². The molecule has 0 bridgehead atoms. The van der Waals surface area contributed by atoms with Crippen LogP contribution in [-0.4, -0.2) is 36.6 Å². The van der Waals surface area contributed by atoms with Crippen molar-refractivity contribution < 1.29 is 0 Å². The van der Waals surface area contributed by atoms with E-state index in [-0.39, 0.29) is 29.4 Å². The zero-order valence-electron chi connectivity index (χ0n) is 13.7. The molecule has 1 aromatic rings. The number of thioether (sulfide) groups is 1. The lowest BCUT2D eigenvalue weighted by Crippen LogP contribution is -2.46. The first-order chi connectivity index (χ1) is 10.1. The van der Waals surface area contributed by atoms with Crippen LogP contribution in [0.1, 0.15) is 38.5 Å². The summed E-state index contributed by atoms with van der Waals surface area (Å²) in [5, 5.41) is 9.12. The van der Waals surface area contributed by atoms with Crippen molar-refractivity contribution in [1.82, 2.24) is 10.6 Å². The van der Waals surface area contributed by atoms with Gasteiger partial charge < -0.3 is 10.6 Å². The van der Waals surface area contributed by atoms with Crippen LogP contribution in [0.4, 0.5) is 0 Å². The fraction of sp³-hybridized carbons (Fsp3) is 0.688. The lowest BCUT2D eigenvalue weighted by molar-refractivity contribution is 0.540. The lowest BCUT2D eigenvalue weighted by Gasteiger charge is -2.26. The summed E-state index contributed by atoms with van der Waals surface area (Å²) < 4.78 is 0. The molecule has 1 saturated heterocycles. The molecule has 22 heavy (non-hydrogen) atoms. The Bertz CT molecular complexity index is 440. The van der Waals surface area contributed by atoms with Crippen LogP contribution in [0.3, 0.4) is 0 Å². The molecule has 0 aromatic carbocycles. The van der Waals surface area contributed by atoms with Crippen molar-refractivity contribution in [2.75, 3.05) is 24.6 Å². The monoisotopic (exact) mass is 453 g/mol. The molecule has 0 radical (unpaired) electrons. The van der Waals surface area contributed by atoms with Crippen LogP contribution in [0.5, 0.6) is 0 Å². The van der Waals surface area contributed by atoms with Gasteiger partial charge in [0.05, 0.1) is 6.54 Å². The predicted octanol–water partition coefficient (Wildman–Crippen LogP) is 4.09. The smallest absolute Gasteiger partial charge is 0.191 e. The van der Waals surface area contributed by atoms with Crippen LogP contribution in [0.2, 0.25) is 0 Å². The van der Waals surface area contributed by atoms with Crippen LogP contribution in [-0.2, 0) is 5.41 Å². The quantitative estimate of drug-likeness (QED) is 0.401. The highest BCUT2D eigenvalue weighted by atomic mass is 127. The molecule has 6 heteroatoms. The molecule has 1 atom stereocenters. The Morgan fingerprint density at radius 3 is 2.86 bits per heavy atom. The van der Waals surface area contributed by atoms with Gasteiger partial charge in [-0.05, 0) is 37.0 Å². The molecule has 3 nitrogen and oxygen atoms in total. The van der Waals surface area contributed by atoms with Gasteiger partial charge in [0.2, 0.25) is 0 Å². The Kier molecular flexibility index (Phi) is 9.16. The number of hydrogen-bond acceptors (Lipinski definition) is 3. The van der Waals surface area contributed by atoms with E-state index < -0.39 is 0 Å². The van der Waals surface area contributed by atoms with Gasteiger partial charge in [-0.2, -0.15) is 11.8 Å². The van der Waals surface area contributed by atoms with E-state index in [2.05, 4.69) is 48.9 Å². The Morgan fingerprint density at radius 2 is 2.27 bits per heavy atom. The summed E-state index contributed by atoms with van der Waals surface area (Å²) >= 11 is 3.86. The molecule has 1 fully saturated rings. The van der Waals surface area contributed by atoms with Gasteiger partial charge >= 0.3 is 0 Å². The molecule has 1 unspecified atom stereocenters. The van der Waals surface area contributed by atoms with E-state index in [0.717, 1.165) is 19.0 Å². The fourth-order valence-electron chi connectivity index (χ4n) is 2.39. The first kappa shape index (κ1) is 20.1. The van der Waals surface area contributed by atoms with Crippen molar-refractivity contribution in [2.45, 2.75) is 45.1 Å². The van der Waals surface area contributed by atoms with Crippen molar-refractivity contribution in [3.63, 3.8) is 0 Å². The van der Waals surface area contributed by atoms with E-state index in [1.54, 1.807) is 0 Å². The van der Waals surface area contributed by atoms with Crippen LogP contribution >= 0.6 is 47.1 Å². The number of guanidine groups is 1. The predicted molar refractivity (Wildman–Crippen MR) is 112 cm³/mol. The Balaban J connectivity index is 0.00000242. The minimum Gasteiger partial charge on any atom is -0.357 e. The molecule has 0 amide bonds. The SMILES string of the molecule is CCNC(=NCC(C)(C)c1cccs1)NC1CCCSC1.I. The van der Waals surface area contributed by atoms with Gasteiger partial charge in [-0.15, -0.1) is 35.3 Å². The minimum atomic E-state index is 0. The highest BCUT2D eigenvalue weighted by Gasteiger charge is 2.22. The number of hydrogen-bond donors (Lipinski definition) is 2. The molecule has 0 aliphatic carbocycles. The van der Waals surface area contributed by atoms with Crippen molar-refractivity contribution in [3.05, 3.63) is 22.4 Å². The second-order valence-corrected chi connectivity index (χ2v) is 8.21. The maximum absolute atomic E-state index is 4.83. The van der Waals surface area contributed by atoms with Gasteiger partial charge in [0.25, 0.3) is 0 Å². The molecule has 2 rings (SSSR count). The largest absolute Gasteiger partial charge is 0.357 e. The summed E-state index contributed by atoms with van der Waals surface area (Å²) in [6.45, 7) is 8.37. The summed E-state index contributed by atoms with van der Waals surface area (Å²) in [5.74, 6) is 3.46. The zero-order valence-corrected chi connectivity index (χ0v) is 17.7. The number of rotatable bonds is 5. The number of halogens is 1. The van der Waals surface area contributed by atoms with Crippen molar-refractivity contribution >= 4 is 53.0 Å². The maximum Gasteiger partial charge on any atom is 0.191 e. The average Bonchev–Trinajstić information content (AvgIpc) is 3.01. The molecule has 2 heterocycles. The highest BCUT2D eigenvalue weighted by Crippen LogP contribution is 2.27. The number of thiophene rings is 1. The second kappa shape index (κ2) is 10.0. The molecule has 1 aliphatic heterocycles. The number of nitrogens with one attached hydrogen (secondary N) is 2. The van der Waals surface area contributed by atoms with Crippen molar-refractivity contribution in [1.29, 1.82) is 0 Å². The van der Waals surface area contributed by atoms with Crippen LogP contribution < -0.4 is 10.6 Å². The molecule has 126 valence electrons. The van der Waals surface area contributed by atoms with Gasteiger partial charge in [0, 0.05) is 28.6 Å². The van der Waals surface area contributed by atoms with E-state index in [4.69, 9.17) is 4.99 Å². The van der Waals surface area contributed by atoms with Crippen LogP contribution in [0.25, 0.3) is 0 Å². The van der Waals surface area contributed by atoms with Gasteiger partial charge in [-0.1, -0.05) is 19.9 Å². The summed E-state index contributed by atoms with van der Waals surface area (Å²) in [4.78, 5) is 6.23. The van der Waals surface area contributed by atoms with Crippen LogP contribution in [0.15, 0.2) is 22.5 Å². The molecule has 1 aliphatic rings. The third-order valence-electron chi connectivity index (χ3n) is 3.67. The average molecular weight is 453 g/mol. The summed E-state index contributed by atoms with van der Waals surface area (Å²) in [6.07, 6.45) is 2.56. The normalized spacial score (nSPS) is 19.4. The Hall–Kier alpha value is 0.0500. The molecular formula is C16H28IN3S2. The molecule has 0 saturated carbocycles. The minimum absolute atomic E-state index is 0. The Morgan fingerprint density at radius 1 is 1.45 bits per heavy atom. The first-order valence-electron chi connectivity index (χ1n) is 7.78. The maximum atomic E-state index is 4.83. The summed E-state index contributed by atoms with van der Waals surface area (Å²) in [6, 6.07) is 4.89. The lowest BCUT2D eigenvalue weighted by atomic mass is 9.92. The first-order valence-corrected chi connectivity index (χ1v) is 9.82. The highest BCUT2D eigenvalue weighted by molar-refractivity contribution is 14.0. The van der Waals surface area contributed by atoms with E-state index in [1.165, 1.54) is 29.2 Å². The molecular weight excluding hydrogens is 425 g/mol. The van der Waals surface area contributed by atoms with Crippen molar-refractivity contribution in [2.24, 2.45) is 4.99 Å². The molecule has 1 aromatic heterocycles. The van der Waals surface area contributed by atoms with Gasteiger partial charge in [-0.25, -0.2) is 0 Å². The van der Waals surface area contributed by atoms with E-state index in [1.807, 2.05) is 23.1 Å². The van der Waals surface area contributed by atoms with Gasteiger partial charge in [0.1, 0.15) is 0 Å². The molecule has 2 N–H and O–H groups in total. The zero-order chi connectivity index (χ0) is 15.1. The summed E-state index contributed by atoms with van der Waals surface area (Å²) in [5.41, 5.74) is 0.0951. The fourth-order valence-corrected chi connectivity index (χ4v) is 4.30.